The van der Waals surface area contributed by atoms with E-state index in [4.69, 9.17) is 11.6 Å². The van der Waals surface area contributed by atoms with E-state index in [9.17, 15) is 4.39 Å². The Morgan fingerprint density at radius 1 is 1.10 bits per heavy atom. The van der Waals surface area contributed by atoms with Gasteiger partial charge >= 0.3 is 0 Å². The Labute approximate surface area is 124 Å². The van der Waals surface area contributed by atoms with Crippen LogP contribution in [-0.4, -0.2) is 6.04 Å². The molecule has 20 heavy (non-hydrogen) atoms. The van der Waals surface area contributed by atoms with Crippen LogP contribution in [0.2, 0.25) is 5.02 Å². The largest absolute Gasteiger partial charge is 0.310 e. The first-order valence-corrected chi connectivity index (χ1v) is 7.15. The topological polar surface area (TPSA) is 12.0 Å². The molecule has 0 spiro atoms. The minimum atomic E-state index is -0.144. The Hall–Kier alpha value is -1.38. The highest BCUT2D eigenvalue weighted by molar-refractivity contribution is 6.30. The Balaban J connectivity index is 1.86. The van der Waals surface area contributed by atoms with Gasteiger partial charge in [0.1, 0.15) is 5.82 Å². The van der Waals surface area contributed by atoms with E-state index in [0.717, 1.165) is 17.0 Å². The van der Waals surface area contributed by atoms with Crippen LogP contribution in [0.5, 0.6) is 0 Å². The second kappa shape index (κ2) is 6.87. The van der Waals surface area contributed by atoms with Crippen molar-refractivity contribution in [1.29, 1.82) is 0 Å². The molecule has 1 unspecified atom stereocenters. The third-order valence-corrected chi connectivity index (χ3v) is 3.60. The molecular weight excluding hydrogens is 273 g/mol. The average molecular weight is 292 g/mol. The molecule has 0 aliphatic heterocycles. The minimum absolute atomic E-state index is 0.144. The molecule has 0 bridgehead atoms. The predicted octanol–water partition coefficient (Wildman–Crippen LogP) is 4.51. The van der Waals surface area contributed by atoms with Crippen molar-refractivity contribution in [2.45, 2.75) is 32.9 Å². The molecule has 1 atom stereocenters. The van der Waals surface area contributed by atoms with Crippen molar-refractivity contribution in [3.63, 3.8) is 0 Å². The Bertz CT molecular complexity index is 566. The van der Waals surface area contributed by atoms with E-state index in [1.54, 1.807) is 13.0 Å². The Morgan fingerprint density at radius 3 is 2.40 bits per heavy atom. The highest BCUT2D eigenvalue weighted by Crippen LogP contribution is 2.12. The standard InChI is InChI=1S/C17H19ClFN/c1-12-3-4-15(10-17(12)19)11-20-13(2)9-14-5-7-16(18)8-6-14/h3-8,10,13,20H,9,11H2,1-2H3. The van der Waals surface area contributed by atoms with Crippen LogP contribution in [0.1, 0.15) is 23.6 Å². The van der Waals surface area contributed by atoms with Crippen LogP contribution in [0.25, 0.3) is 0 Å². The Kier molecular flexibility index (Phi) is 5.16. The van der Waals surface area contributed by atoms with Gasteiger partial charge in [0.05, 0.1) is 0 Å². The van der Waals surface area contributed by atoms with E-state index in [-0.39, 0.29) is 5.82 Å². The molecule has 2 aromatic rings. The lowest BCUT2D eigenvalue weighted by Crippen LogP contribution is -2.27. The fourth-order valence-corrected chi connectivity index (χ4v) is 2.21. The maximum Gasteiger partial charge on any atom is 0.126 e. The zero-order valence-corrected chi connectivity index (χ0v) is 12.5. The van der Waals surface area contributed by atoms with Gasteiger partial charge in [-0.05, 0) is 55.2 Å². The number of rotatable bonds is 5. The molecule has 1 N–H and O–H groups in total. The highest BCUT2D eigenvalue weighted by Gasteiger charge is 2.05. The van der Waals surface area contributed by atoms with Crippen LogP contribution < -0.4 is 5.32 Å². The van der Waals surface area contributed by atoms with Crippen LogP contribution >= 0.6 is 11.6 Å². The lowest BCUT2D eigenvalue weighted by atomic mass is 10.1. The molecule has 0 fully saturated rings. The summed E-state index contributed by atoms with van der Waals surface area (Å²) < 4.78 is 13.4. The summed E-state index contributed by atoms with van der Waals surface area (Å²) in [5, 5.41) is 4.16. The molecule has 2 rings (SSSR count). The van der Waals surface area contributed by atoms with Crippen molar-refractivity contribution >= 4 is 11.6 Å². The molecule has 106 valence electrons. The maximum atomic E-state index is 13.4. The molecule has 3 heteroatoms. The van der Waals surface area contributed by atoms with Gasteiger partial charge in [0.15, 0.2) is 0 Å². The van der Waals surface area contributed by atoms with Gasteiger partial charge in [-0.2, -0.15) is 0 Å². The second-order valence-electron chi connectivity index (χ2n) is 5.20. The second-order valence-corrected chi connectivity index (χ2v) is 5.63. The molecule has 0 aliphatic carbocycles. The summed E-state index contributed by atoms with van der Waals surface area (Å²) in [6.07, 6.45) is 0.922. The molecule has 0 aliphatic rings. The first-order valence-electron chi connectivity index (χ1n) is 6.77. The van der Waals surface area contributed by atoms with E-state index >= 15 is 0 Å². The van der Waals surface area contributed by atoms with Gasteiger partial charge in [-0.15, -0.1) is 0 Å². The number of hydrogen-bond acceptors (Lipinski definition) is 1. The smallest absolute Gasteiger partial charge is 0.126 e. The van der Waals surface area contributed by atoms with Crippen molar-refractivity contribution < 1.29 is 4.39 Å². The molecule has 0 radical (unpaired) electrons. The zero-order chi connectivity index (χ0) is 14.5. The fourth-order valence-electron chi connectivity index (χ4n) is 2.08. The molecule has 2 aromatic carbocycles. The van der Waals surface area contributed by atoms with Crippen molar-refractivity contribution in [3.8, 4) is 0 Å². The quantitative estimate of drug-likeness (QED) is 0.855. The molecular formula is C17H19ClFN. The third kappa shape index (κ3) is 4.32. The summed E-state index contributed by atoms with van der Waals surface area (Å²) in [5.41, 5.74) is 2.89. The van der Waals surface area contributed by atoms with Gasteiger partial charge in [0.2, 0.25) is 0 Å². The average Bonchev–Trinajstić information content (AvgIpc) is 2.43. The van der Waals surface area contributed by atoms with Crippen molar-refractivity contribution in [2.75, 3.05) is 0 Å². The van der Waals surface area contributed by atoms with Crippen molar-refractivity contribution in [3.05, 3.63) is 70.0 Å². The minimum Gasteiger partial charge on any atom is -0.310 e. The molecule has 0 saturated heterocycles. The summed E-state index contributed by atoms with van der Waals surface area (Å²) in [6.45, 7) is 4.57. The maximum absolute atomic E-state index is 13.4. The summed E-state index contributed by atoms with van der Waals surface area (Å²) in [6, 6.07) is 13.6. The lowest BCUT2D eigenvalue weighted by molar-refractivity contribution is 0.542. The monoisotopic (exact) mass is 291 g/mol. The molecule has 1 nitrogen and oxygen atoms in total. The van der Waals surface area contributed by atoms with Gasteiger partial charge < -0.3 is 5.32 Å². The fraction of sp³-hybridized carbons (Fsp3) is 0.294. The van der Waals surface area contributed by atoms with E-state index in [0.29, 0.717) is 18.2 Å². The molecule has 0 aromatic heterocycles. The van der Waals surface area contributed by atoms with Gasteiger partial charge in [-0.3, -0.25) is 0 Å². The zero-order valence-electron chi connectivity index (χ0n) is 11.8. The van der Waals surface area contributed by atoms with Gasteiger partial charge in [-0.1, -0.05) is 35.9 Å². The summed E-state index contributed by atoms with van der Waals surface area (Å²) in [7, 11) is 0. The predicted molar refractivity (Wildman–Crippen MR) is 82.6 cm³/mol. The van der Waals surface area contributed by atoms with Gasteiger partial charge in [-0.25, -0.2) is 4.39 Å². The van der Waals surface area contributed by atoms with Crippen molar-refractivity contribution in [2.24, 2.45) is 0 Å². The summed E-state index contributed by atoms with van der Waals surface area (Å²) >= 11 is 5.87. The van der Waals surface area contributed by atoms with Gasteiger partial charge in [0.25, 0.3) is 0 Å². The molecule has 0 amide bonds. The Morgan fingerprint density at radius 2 is 1.75 bits per heavy atom. The molecule has 0 heterocycles. The number of aryl methyl sites for hydroxylation is 1. The highest BCUT2D eigenvalue weighted by atomic mass is 35.5. The summed E-state index contributed by atoms with van der Waals surface area (Å²) in [5.74, 6) is -0.144. The SMILES string of the molecule is Cc1ccc(CNC(C)Cc2ccc(Cl)cc2)cc1F. The van der Waals surface area contributed by atoms with E-state index < -0.39 is 0 Å². The summed E-state index contributed by atoms with van der Waals surface area (Å²) in [4.78, 5) is 0. The first kappa shape index (κ1) is 15.0. The first-order chi connectivity index (χ1) is 9.54. The van der Waals surface area contributed by atoms with Crippen LogP contribution in [0.3, 0.4) is 0 Å². The number of benzene rings is 2. The van der Waals surface area contributed by atoms with E-state index in [1.165, 1.54) is 5.56 Å². The third-order valence-electron chi connectivity index (χ3n) is 3.35. The normalized spacial score (nSPS) is 12.4. The van der Waals surface area contributed by atoms with Crippen LogP contribution in [0.15, 0.2) is 42.5 Å². The van der Waals surface area contributed by atoms with Crippen LogP contribution in [-0.2, 0) is 13.0 Å². The van der Waals surface area contributed by atoms with Crippen LogP contribution in [0, 0.1) is 12.7 Å². The van der Waals surface area contributed by atoms with E-state index in [1.807, 2.05) is 36.4 Å². The number of nitrogens with one attached hydrogen (secondary N) is 1. The number of halogens is 2. The van der Waals surface area contributed by atoms with Crippen LogP contribution in [0.4, 0.5) is 4.39 Å². The van der Waals surface area contributed by atoms with Crippen molar-refractivity contribution in [1.82, 2.24) is 5.32 Å². The number of hydrogen-bond donors (Lipinski definition) is 1. The molecule has 0 saturated carbocycles. The van der Waals surface area contributed by atoms with E-state index in [2.05, 4.69) is 12.2 Å². The lowest BCUT2D eigenvalue weighted by Gasteiger charge is -2.14. The van der Waals surface area contributed by atoms with Gasteiger partial charge in [0, 0.05) is 17.6 Å².